The highest BCUT2D eigenvalue weighted by molar-refractivity contribution is 6.21. The van der Waals surface area contributed by atoms with E-state index < -0.39 is 0 Å². The van der Waals surface area contributed by atoms with Crippen LogP contribution in [0.5, 0.6) is 0 Å². The van der Waals surface area contributed by atoms with Crippen LogP contribution in [-0.4, -0.2) is 17.5 Å². The fourth-order valence-corrected chi connectivity index (χ4v) is 2.30. The number of hydrogen-bond acceptors (Lipinski definition) is 2. The number of carbonyl (C=O) groups excluding carboxylic acids is 1. The Bertz CT molecular complexity index is 350. The molecule has 0 amide bonds. The van der Waals surface area contributed by atoms with Crippen molar-refractivity contribution in [1.82, 2.24) is 0 Å². The van der Waals surface area contributed by atoms with Crippen molar-refractivity contribution < 1.29 is 9.53 Å². The van der Waals surface area contributed by atoms with Crippen LogP contribution in [-0.2, 0) is 4.74 Å². The maximum atomic E-state index is 11.8. The van der Waals surface area contributed by atoms with Crippen molar-refractivity contribution in [3.05, 3.63) is 35.9 Å². The van der Waals surface area contributed by atoms with E-state index in [0.29, 0.717) is 5.56 Å². The average Bonchev–Trinajstić information content (AvgIpc) is 2.33. The molecule has 0 N–H and O–H groups in total. The van der Waals surface area contributed by atoms with E-state index in [1.54, 1.807) is 12.1 Å². The minimum absolute atomic E-state index is 0.0265. The molecular formula is C13H15ClO2. The zero-order chi connectivity index (χ0) is 11.4. The Morgan fingerprint density at radius 3 is 2.56 bits per heavy atom. The number of ether oxygens (including phenoxy) is 1. The third kappa shape index (κ3) is 2.76. The summed E-state index contributed by atoms with van der Waals surface area (Å²) in [5.41, 5.74) is 0.594. The molecule has 86 valence electrons. The van der Waals surface area contributed by atoms with Crippen molar-refractivity contribution in [3.8, 4) is 0 Å². The molecule has 0 aliphatic heterocycles. The van der Waals surface area contributed by atoms with Crippen LogP contribution in [0.2, 0.25) is 0 Å². The second kappa shape index (κ2) is 5.35. The lowest BCUT2D eigenvalue weighted by molar-refractivity contribution is 0.0223. The molecule has 16 heavy (non-hydrogen) atoms. The van der Waals surface area contributed by atoms with Gasteiger partial charge in [0, 0.05) is 0 Å². The van der Waals surface area contributed by atoms with Gasteiger partial charge in [-0.25, -0.2) is 4.79 Å². The number of rotatable bonds is 2. The SMILES string of the molecule is O=C(O[C@@H]1CCCC[C@H]1Cl)c1ccccc1. The van der Waals surface area contributed by atoms with Crippen LogP contribution in [0.1, 0.15) is 36.0 Å². The van der Waals surface area contributed by atoms with Gasteiger partial charge in [-0.2, -0.15) is 0 Å². The minimum Gasteiger partial charge on any atom is -0.457 e. The number of hydrogen-bond donors (Lipinski definition) is 0. The summed E-state index contributed by atoms with van der Waals surface area (Å²) in [4.78, 5) is 11.8. The molecule has 1 saturated carbocycles. The summed E-state index contributed by atoms with van der Waals surface area (Å²) in [6.07, 6.45) is 3.92. The van der Waals surface area contributed by atoms with E-state index in [2.05, 4.69) is 0 Å². The van der Waals surface area contributed by atoms with E-state index >= 15 is 0 Å². The van der Waals surface area contributed by atoms with E-state index in [1.165, 1.54) is 0 Å². The van der Waals surface area contributed by atoms with Crippen molar-refractivity contribution in [2.45, 2.75) is 37.2 Å². The lowest BCUT2D eigenvalue weighted by Gasteiger charge is -2.26. The topological polar surface area (TPSA) is 26.3 Å². The zero-order valence-corrected chi connectivity index (χ0v) is 9.82. The van der Waals surface area contributed by atoms with Gasteiger partial charge < -0.3 is 4.74 Å². The predicted octanol–water partition coefficient (Wildman–Crippen LogP) is 3.39. The molecule has 1 aliphatic rings. The fourth-order valence-electron chi connectivity index (χ4n) is 1.96. The van der Waals surface area contributed by atoms with E-state index in [1.807, 2.05) is 18.2 Å². The Morgan fingerprint density at radius 1 is 1.19 bits per heavy atom. The molecule has 1 aliphatic carbocycles. The maximum absolute atomic E-state index is 11.8. The summed E-state index contributed by atoms with van der Waals surface area (Å²) < 4.78 is 5.42. The summed E-state index contributed by atoms with van der Waals surface area (Å²) in [5.74, 6) is -0.266. The molecule has 0 spiro atoms. The van der Waals surface area contributed by atoms with Crippen LogP contribution in [0.4, 0.5) is 0 Å². The standard InChI is InChI=1S/C13H15ClO2/c14-11-8-4-5-9-12(11)16-13(15)10-6-2-1-3-7-10/h1-3,6-7,11-12H,4-5,8-9H2/t11-,12-/m1/s1. The Morgan fingerprint density at radius 2 is 1.88 bits per heavy atom. The molecule has 1 aromatic rings. The van der Waals surface area contributed by atoms with Gasteiger partial charge >= 0.3 is 5.97 Å². The molecule has 1 aromatic carbocycles. The van der Waals surface area contributed by atoms with Crippen LogP contribution in [0.3, 0.4) is 0 Å². The number of benzene rings is 1. The smallest absolute Gasteiger partial charge is 0.338 e. The average molecular weight is 239 g/mol. The third-order valence-electron chi connectivity index (χ3n) is 2.89. The number of alkyl halides is 1. The highest BCUT2D eigenvalue weighted by atomic mass is 35.5. The molecule has 2 nitrogen and oxygen atoms in total. The first-order chi connectivity index (χ1) is 7.77. The lowest BCUT2D eigenvalue weighted by atomic mass is 9.97. The summed E-state index contributed by atoms with van der Waals surface area (Å²) in [6.45, 7) is 0. The molecule has 2 atom stereocenters. The first-order valence-electron chi connectivity index (χ1n) is 5.67. The molecule has 0 aromatic heterocycles. The fraction of sp³-hybridized carbons (Fsp3) is 0.462. The second-order valence-electron chi connectivity index (χ2n) is 4.11. The third-order valence-corrected chi connectivity index (χ3v) is 3.39. The summed E-state index contributed by atoms with van der Waals surface area (Å²) in [5, 5.41) is -0.0265. The van der Waals surface area contributed by atoms with Crippen LogP contribution >= 0.6 is 11.6 Å². The predicted molar refractivity (Wildman–Crippen MR) is 63.8 cm³/mol. The molecule has 3 heteroatoms. The van der Waals surface area contributed by atoms with Gasteiger partial charge in [0.05, 0.1) is 10.9 Å². The zero-order valence-electron chi connectivity index (χ0n) is 9.06. The van der Waals surface area contributed by atoms with Crippen LogP contribution < -0.4 is 0 Å². The second-order valence-corrected chi connectivity index (χ2v) is 4.67. The molecule has 1 fully saturated rings. The molecule has 0 bridgehead atoms. The maximum Gasteiger partial charge on any atom is 0.338 e. The van der Waals surface area contributed by atoms with Gasteiger partial charge in [0.25, 0.3) is 0 Å². The number of carbonyl (C=O) groups is 1. The number of halogens is 1. The summed E-state index contributed by atoms with van der Waals surface area (Å²) >= 11 is 6.14. The summed E-state index contributed by atoms with van der Waals surface area (Å²) in [6, 6.07) is 9.05. The van der Waals surface area contributed by atoms with E-state index in [9.17, 15) is 4.79 Å². The van der Waals surface area contributed by atoms with Gasteiger partial charge in [-0.05, 0) is 31.4 Å². The largest absolute Gasteiger partial charge is 0.457 e. The Labute approximate surface area is 101 Å². The van der Waals surface area contributed by atoms with Crippen molar-refractivity contribution in [3.63, 3.8) is 0 Å². The van der Waals surface area contributed by atoms with Gasteiger partial charge in [-0.3, -0.25) is 0 Å². The quantitative estimate of drug-likeness (QED) is 0.583. The van der Waals surface area contributed by atoms with Gasteiger partial charge in [0.15, 0.2) is 0 Å². The van der Waals surface area contributed by atoms with Crippen molar-refractivity contribution in [1.29, 1.82) is 0 Å². The van der Waals surface area contributed by atoms with Crippen molar-refractivity contribution >= 4 is 17.6 Å². The van der Waals surface area contributed by atoms with Crippen LogP contribution in [0.15, 0.2) is 30.3 Å². The van der Waals surface area contributed by atoms with E-state index in [0.717, 1.165) is 25.7 Å². The van der Waals surface area contributed by atoms with Gasteiger partial charge in [-0.15, -0.1) is 11.6 Å². The number of esters is 1. The van der Waals surface area contributed by atoms with Gasteiger partial charge in [0.1, 0.15) is 6.10 Å². The molecule has 0 heterocycles. The van der Waals surface area contributed by atoms with Crippen LogP contribution in [0, 0.1) is 0 Å². The highest BCUT2D eigenvalue weighted by Gasteiger charge is 2.26. The van der Waals surface area contributed by atoms with E-state index in [-0.39, 0.29) is 17.5 Å². The molecule has 2 rings (SSSR count). The Kier molecular flexibility index (Phi) is 3.83. The minimum atomic E-state index is -0.266. The van der Waals surface area contributed by atoms with E-state index in [4.69, 9.17) is 16.3 Å². The van der Waals surface area contributed by atoms with Crippen molar-refractivity contribution in [2.75, 3.05) is 0 Å². The lowest BCUT2D eigenvalue weighted by Crippen LogP contribution is -2.30. The first kappa shape index (κ1) is 11.5. The Hall–Kier alpha value is -1.02. The highest BCUT2D eigenvalue weighted by Crippen LogP contribution is 2.26. The van der Waals surface area contributed by atoms with Gasteiger partial charge in [-0.1, -0.05) is 24.6 Å². The van der Waals surface area contributed by atoms with Crippen molar-refractivity contribution in [2.24, 2.45) is 0 Å². The first-order valence-corrected chi connectivity index (χ1v) is 6.11. The summed E-state index contributed by atoms with van der Waals surface area (Å²) in [7, 11) is 0. The van der Waals surface area contributed by atoms with Gasteiger partial charge in [0.2, 0.25) is 0 Å². The van der Waals surface area contributed by atoms with Crippen LogP contribution in [0.25, 0.3) is 0 Å². The molecule has 0 radical (unpaired) electrons. The molecular weight excluding hydrogens is 224 g/mol. The Balaban J connectivity index is 1.96. The monoisotopic (exact) mass is 238 g/mol. The molecule has 0 saturated heterocycles. The molecule has 0 unspecified atom stereocenters. The normalized spacial score (nSPS) is 25.1.